The van der Waals surface area contributed by atoms with Crippen molar-refractivity contribution >= 4 is 31.4 Å². The number of furan rings is 1. The van der Waals surface area contributed by atoms with E-state index in [2.05, 4.69) is 9.82 Å². The predicted molar refractivity (Wildman–Crippen MR) is 124 cm³/mol. The fourth-order valence-electron chi connectivity index (χ4n) is 3.42. The summed E-state index contributed by atoms with van der Waals surface area (Å²) in [6, 6.07) is 15.5. The minimum absolute atomic E-state index is 0.0372. The Hall–Kier alpha value is -3.31. The number of nitrogens with one attached hydrogen (secondary N) is 1. The van der Waals surface area contributed by atoms with Crippen molar-refractivity contribution < 1.29 is 26.0 Å². The molecule has 0 spiro atoms. The Morgan fingerprint density at radius 2 is 1.76 bits per heavy atom. The van der Waals surface area contributed by atoms with Crippen LogP contribution in [-0.2, 0) is 20.0 Å². The van der Waals surface area contributed by atoms with Crippen LogP contribution in [0.2, 0.25) is 0 Å². The maximum atomic E-state index is 13.4. The summed E-state index contributed by atoms with van der Waals surface area (Å²) >= 11 is 0. The van der Waals surface area contributed by atoms with Crippen molar-refractivity contribution in [3.63, 3.8) is 0 Å². The average molecular weight is 490 g/mol. The molecular formula is C22H23N3O6S2. The third-order valence-corrected chi connectivity index (χ3v) is 8.22. The average Bonchev–Trinajstić information content (AvgIpc) is 3.50. The number of sulfonamides is 2. The van der Waals surface area contributed by atoms with Crippen molar-refractivity contribution in [2.75, 3.05) is 17.6 Å². The van der Waals surface area contributed by atoms with Gasteiger partial charge in [0.15, 0.2) is 0 Å². The highest BCUT2D eigenvalue weighted by molar-refractivity contribution is 7.92. The zero-order chi connectivity index (χ0) is 23.6. The van der Waals surface area contributed by atoms with E-state index in [-0.39, 0.29) is 10.6 Å². The molecule has 11 heteroatoms. The Labute approximate surface area is 192 Å². The van der Waals surface area contributed by atoms with Gasteiger partial charge in [-0.15, -0.1) is 0 Å². The normalized spacial score (nSPS) is 16.5. The summed E-state index contributed by atoms with van der Waals surface area (Å²) in [6.07, 6.45) is 1.78. The number of anilines is 1. The Morgan fingerprint density at radius 1 is 1.06 bits per heavy atom. The van der Waals surface area contributed by atoms with Gasteiger partial charge in [-0.3, -0.25) is 4.72 Å². The summed E-state index contributed by atoms with van der Waals surface area (Å²) in [7, 11) is -5.87. The molecule has 1 aliphatic rings. The van der Waals surface area contributed by atoms with Crippen LogP contribution < -0.4 is 9.46 Å². The number of rotatable bonds is 8. The largest absolute Gasteiger partial charge is 0.497 e. The molecule has 174 valence electrons. The summed E-state index contributed by atoms with van der Waals surface area (Å²) in [4.78, 5) is 0.0779. The van der Waals surface area contributed by atoms with Gasteiger partial charge in [0, 0.05) is 12.1 Å². The predicted octanol–water partition coefficient (Wildman–Crippen LogP) is 3.59. The van der Waals surface area contributed by atoms with Gasteiger partial charge in [-0.2, -0.15) is 17.9 Å². The lowest BCUT2D eigenvalue weighted by Gasteiger charge is -2.21. The van der Waals surface area contributed by atoms with Gasteiger partial charge in [0.1, 0.15) is 17.6 Å². The molecule has 1 unspecified atom stereocenters. The van der Waals surface area contributed by atoms with Gasteiger partial charge in [0.25, 0.3) is 10.0 Å². The molecule has 0 bridgehead atoms. The molecule has 0 fully saturated rings. The first-order valence-corrected chi connectivity index (χ1v) is 13.2. The van der Waals surface area contributed by atoms with Crippen LogP contribution in [0.5, 0.6) is 5.75 Å². The van der Waals surface area contributed by atoms with Gasteiger partial charge in [0.2, 0.25) is 10.0 Å². The van der Waals surface area contributed by atoms with Crippen molar-refractivity contribution in [1.82, 2.24) is 4.41 Å². The Bertz CT molecular complexity index is 1350. The van der Waals surface area contributed by atoms with E-state index < -0.39 is 26.1 Å². The zero-order valence-corrected chi connectivity index (χ0v) is 19.6. The van der Waals surface area contributed by atoms with E-state index in [1.165, 1.54) is 25.5 Å². The molecule has 9 nitrogen and oxygen atoms in total. The molecule has 0 aliphatic carbocycles. The van der Waals surface area contributed by atoms with Crippen molar-refractivity contribution in [3.05, 3.63) is 78.3 Å². The highest BCUT2D eigenvalue weighted by atomic mass is 32.2. The van der Waals surface area contributed by atoms with E-state index in [0.29, 0.717) is 34.9 Å². The molecule has 1 N–H and O–H groups in total. The molecule has 3 aromatic rings. The lowest BCUT2D eigenvalue weighted by molar-refractivity contribution is 0.320. The minimum atomic E-state index is -3.98. The van der Waals surface area contributed by atoms with Crippen molar-refractivity contribution in [3.8, 4) is 5.75 Å². The van der Waals surface area contributed by atoms with Crippen LogP contribution in [0.1, 0.15) is 30.7 Å². The Balaban J connectivity index is 1.68. The van der Waals surface area contributed by atoms with E-state index in [9.17, 15) is 16.8 Å². The van der Waals surface area contributed by atoms with E-state index in [4.69, 9.17) is 9.15 Å². The molecule has 0 amide bonds. The fourth-order valence-corrected chi connectivity index (χ4v) is 5.47. The number of nitrogens with zero attached hydrogens (tertiary/aromatic N) is 2. The quantitative estimate of drug-likeness (QED) is 0.517. The molecule has 1 aromatic heterocycles. The van der Waals surface area contributed by atoms with E-state index in [1.54, 1.807) is 55.5 Å². The van der Waals surface area contributed by atoms with Crippen molar-refractivity contribution in [2.24, 2.45) is 5.10 Å². The maximum absolute atomic E-state index is 13.4. The first-order chi connectivity index (χ1) is 15.7. The summed E-state index contributed by atoms with van der Waals surface area (Å²) < 4.78 is 64.6. The summed E-state index contributed by atoms with van der Waals surface area (Å²) in [6.45, 7) is 1.55. The molecule has 33 heavy (non-hydrogen) atoms. The number of hydrogen-bond donors (Lipinski definition) is 1. The summed E-state index contributed by atoms with van der Waals surface area (Å²) in [5.41, 5.74) is 1.64. The molecule has 0 saturated heterocycles. The van der Waals surface area contributed by atoms with Crippen molar-refractivity contribution in [1.29, 1.82) is 0 Å². The molecule has 1 atom stereocenters. The first kappa shape index (κ1) is 22.9. The lowest BCUT2D eigenvalue weighted by atomic mass is 10.0. The SMILES string of the molecule is CCS(=O)(=O)Nc1ccc(C2=NN(S(=O)(=O)c3ccc(OC)cc3)C(c3ccco3)C2)cc1. The third-order valence-electron chi connectivity index (χ3n) is 5.22. The Kier molecular flexibility index (Phi) is 6.17. The summed E-state index contributed by atoms with van der Waals surface area (Å²) in [5.74, 6) is 0.976. The lowest BCUT2D eigenvalue weighted by Crippen LogP contribution is -2.27. The number of ether oxygens (including phenoxy) is 1. The highest BCUT2D eigenvalue weighted by Gasteiger charge is 2.39. The number of hydrazone groups is 1. The van der Waals surface area contributed by atoms with Gasteiger partial charge in [-0.1, -0.05) is 12.1 Å². The van der Waals surface area contributed by atoms with Crippen LogP contribution in [0.4, 0.5) is 5.69 Å². The van der Waals surface area contributed by atoms with Gasteiger partial charge in [-0.05, 0) is 61.0 Å². The second kappa shape index (κ2) is 8.91. The second-order valence-corrected chi connectivity index (χ2v) is 11.1. The van der Waals surface area contributed by atoms with Crippen LogP contribution in [-0.4, -0.2) is 39.8 Å². The van der Waals surface area contributed by atoms with Crippen LogP contribution in [0, 0.1) is 0 Å². The van der Waals surface area contributed by atoms with Gasteiger partial charge >= 0.3 is 0 Å². The van der Waals surface area contributed by atoms with E-state index in [0.717, 1.165) is 4.41 Å². The van der Waals surface area contributed by atoms with Gasteiger partial charge in [-0.25, -0.2) is 8.42 Å². The zero-order valence-electron chi connectivity index (χ0n) is 18.0. The topological polar surface area (TPSA) is 118 Å². The second-order valence-electron chi connectivity index (χ2n) is 7.32. The van der Waals surface area contributed by atoms with Crippen LogP contribution in [0.15, 0.2) is 81.3 Å². The van der Waals surface area contributed by atoms with E-state index in [1.807, 2.05) is 0 Å². The number of benzene rings is 2. The van der Waals surface area contributed by atoms with Gasteiger partial charge in [0.05, 0.1) is 29.7 Å². The standard InChI is InChI=1S/C22H23N3O6S2/c1-3-32(26,27)24-17-8-6-16(7-9-17)20-15-21(22-5-4-14-31-22)25(23-20)33(28,29)19-12-10-18(30-2)11-13-19/h4-14,21,24H,3,15H2,1-2H3. The maximum Gasteiger partial charge on any atom is 0.279 e. The molecule has 0 radical (unpaired) electrons. The summed E-state index contributed by atoms with van der Waals surface area (Å²) in [5, 5.41) is 4.44. The monoisotopic (exact) mass is 489 g/mol. The molecule has 0 saturated carbocycles. The van der Waals surface area contributed by atoms with E-state index >= 15 is 0 Å². The molecule has 2 heterocycles. The smallest absolute Gasteiger partial charge is 0.279 e. The van der Waals surface area contributed by atoms with Crippen molar-refractivity contribution in [2.45, 2.75) is 24.3 Å². The van der Waals surface area contributed by atoms with Crippen LogP contribution >= 0.6 is 0 Å². The van der Waals surface area contributed by atoms with Crippen LogP contribution in [0.3, 0.4) is 0 Å². The first-order valence-electron chi connectivity index (χ1n) is 10.1. The molecule has 4 rings (SSSR count). The number of hydrogen-bond acceptors (Lipinski definition) is 7. The van der Waals surface area contributed by atoms with Gasteiger partial charge < -0.3 is 9.15 Å². The molecular weight excluding hydrogens is 466 g/mol. The molecule has 1 aliphatic heterocycles. The minimum Gasteiger partial charge on any atom is -0.497 e. The Morgan fingerprint density at radius 3 is 2.33 bits per heavy atom. The highest BCUT2D eigenvalue weighted by Crippen LogP contribution is 2.37. The van der Waals surface area contributed by atoms with Crippen LogP contribution in [0.25, 0.3) is 0 Å². The molecule has 2 aromatic carbocycles. The third kappa shape index (κ3) is 4.74. The fraction of sp³-hybridized carbons (Fsp3) is 0.227. The number of methoxy groups -OCH3 is 1.